The minimum absolute atomic E-state index is 0.535. The summed E-state index contributed by atoms with van der Waals surface area (Å²) >= 11 is 1.84. The minimum atomic E-state index is 0.535. The Morgan fingerprint density at radius 2 is 2.22 bits per heavy atom. The molecule has 1 saturated heterocycles. The van der Waals surface area contributed by atoms with Crippen molar-refractivity contribution in [3.8, 4) is 0 Å². The van der Waals surface area contributed by atoms with Crippen LogP contribution in [0.5, 0.6) is 0 Å². The summed E-state index contributed by atoms with van der Waals surface area (Å²) in [6.45, 7) is 12.3. The summed E-state index contributed by atoms with van der Waals surface area (Å²) < 4.78 is 0. The second-order valence-corrected chi connectivity index (χ2v) is 6.98. The average Bonchev–Trinajstić information content (AvgIpc) is 2.95. The molecule has 18 heavy (non-hydrogen) atoms. The van der Waals surface area contributed by atoms with Gasteiger partial charge in [0.15, 0.2) is 5.13 Å². The Hall–Kier alpha value is -0.610. The van der Waals surface area contributed by atoms with Crippen LogP contribution >= 0.6 is 11.3 Å². The van der Waals surface area contributed by atoms with E-state index in [1.807, 2.05) is 17.5 Å². The van der Waals surface area contributed by atoms with Crippen molar-refractivity contribution in [2.45, 2.75) is 46.7 Å². The molecule has 102 valence electrons. The zero-order chi connectivity index (χ0) is 13.1. The van der Waals surface area contributed by atoms with Crippen molar-refractivity contribution in [3.05, 3.63) is 11.1 Å². The minimum Gasteiger partial charge on any atom is -0.348 e. The molecule has 0 spiro atoms. The van der Waals surface area contributed by atoms with E-state index < -0.39 is 0 Å². The lowest BCUT2D eigenvalue weighted by atomic mass is 9.95. The van der Waals surface area contributed by atoms with Crippen molar-refractivity contribution < 1.29 is 0 Å². The summed E-state index contributed by atoms with van der Waals surface area (Å²) in [5.41, 5.74) is 0. The molecule has 1 unspecified atom stereocenters. The van der Waals surface area contributed by atoms with Crippen LogP contribution in [-0.2, 0) is 6.54 Å². The summed E-state index contributed by atoms with van der Waals surface area (Å²) in [6, 6.07) is 0.535. The van der Waals surface area contributed by atoms with E-state index in [1.165, 1.54) is 29.5 Å². The number of thiazole rings is 1. The molecular formula is C14H25N3S. The van der Waals surface area contributed by atoms with Gasteiger partial charge in [-0.15, -0.1) is 11.3 Å². The van der Waals surface area contributed by atoms with Crippen LogP contribution in [0.2, 0.25) is 0 Å². The maximum atomic E-state index is 4.57. The summed E-state index contributed by atoms with van der Waals surface area (Å²) in [7, 11) is 0. The van der Waals surface area contributed by atoms with E-state index in [9.17, 15) is 0 Å². The molecule has 0 bridgehead atoms. The lowest BCUT2D eigenvalue weighted by Crippen LogP contribution is -2.21. The van der Waals surface area contributed by atoms with Gasteiger partial charge in [0.2, 0.25) is 0 Å². The molecule has 0 aromatic carbocycles. The first-order valence-electron chi connectivity index (χ1n) is 6.99. The third-order valence-electron chi connectivity index (χ3n) is 3.66. The van der Waals surface area contributed by atoms with Gasteiger partial charge in [-0.1, -0.05) is 27.7 Å². The molecule has 1 aromatic heterocycles. The number of hydrogen-bond acceptors (Lipinski definition) is 4. The molecule has 1 aromatic rings. The van der Waals surface area contributed by atoms with Crippen molar-refractivity contribution >= 4 is 16.5 Å². The van der Waals surface area contributed by atoms with E-state index in [-0.39, 0.29) is 0 Å². The number of nitrogens with one attached hydrogen (secondary N) is 1. The molecule has 1 aliphatic heterocycles. The van der Waals surface area contributed by atoms with Crippen LogP contribution in [-0.4, -0.2) is 24.1 Å². The summed E-state index contributed by atoms with van der Waals surface area (Å²) in [5.74, 6) is 1.63. The number of rotatable bonds is 5. The highest BCUT2D eigenvalue weighted by molar-refractivity contribution is 7.15. The normalized spacial score (nSPS) is 20.3. The van der Waals surface area contributed by atoms with Crippen molar-refractivity contribution in [1.29, 1.82) is 0 Å². The molecule has 1 atom stereocenters. The second-order valence-electron chi connectivity index (χ2n) is 5.88. The predicted molar refractivity (Wildman–Crippen MR) is 79.2 cm³/mol. The number of nitrogens with zero attached hydrogens (tertiary/aromatic N) is 2. The Morgan fingerprint density at radius 1 is 1.44 bits per heavy atom. The zero-order valence-corrected chi connectivity index (χ0v) is 12.8. The van der Waals surface area contributed by atoms with E-state index in [0.29, 0.717) is 6.04 Å². The first-order chi connectivity index (χ1) is 8.56. The maximum absolute atomic E-state index is 4.57. The smallest absolute Gasteiger partial charge is 0.185 e. The number of aromatic nitrogens is 1. The fraction of sp³-hybridized carbons (Fsp3) is 0.786. The summed E-state index contributed by atoms with van der Waals surface area (Å²) in [6.07, 6.45) is 3.34. The molecule has 0 saturated carbocycles. The van der Waals surface area contributed by atoms with Crippen LogP contribution in [0.4, 0.5) is 5.13 Å². The van der Waals surface area contributed by atoms with Crippen LogP contribution < -0.4 is 10.2 Å². The van der Waals surface area contributed by atoms with E-state index in [4.69, 9.17) is 0 Å². The van der Waals surface area contributed by atoms with E-state index in [2.05, 4.69) is 42.9 Å². The van der Waals surface area contributed by atoms with Gasteiger partial charge in [0.05, 0.1) is 0 Å². The molecule has 3 nitrogen and oxygen atoms in total. The van der Waals surface area contributed by atoms with Gasteiger partial charge < -0.3 is 10.2 Å². The molecule has 2 rings (SSSR count). The van der Waals surface area contributed by atoms with Crippen LogP contribution in [0.25, 0.3) is 0 Å². The fourth-order valence-electron chi connectivity index (χ4n) is 2.34. The largest absolute Gasteiger partial charge is 0.348 e. The maximum Gasteiger partial charge on any atom is 0.185 e. The molecule has 1 N–H and O–H groups in total. The third-order valence-corrected chi connectivity index (χ3v) is 4.72. The first-order valence-corrected chi connectivity index (χ1v) is 7.81. The van der Waals surface area contributed by atoms with Crippen molar-refractivity contribution in [2.75, 3.05) is 18.0 Å². The van der Waals surface area contributed by atoms with E-state index in [1.54, 1.807) is 0 Å². The molecule has 0 aliphatic carbocycles. The van der Waals surface area contributed by atoms with Gasteiger partial charge in [0.25, 0.3) is 0 Å². The monoisotopic (exact) mass is 267 g/mol. The van der Waals surface area contributed by atoms with Crippen molar-refractivity contribution in [2.24, 2.45) is 11.8 Å². The highest BCUT2D eigenvalue weighted by Crippen LogP contribution is 2.30. The van der Waals surface area contributed by atoms with E-state index in [0.717, 1.165) is 18.4 Å². The number of hydrogen-bond donors (Lipinski definition) is 1. The van der Waals surface area contributed by atoms with Crippen molar-refractivity contribution in [1.82, 2.24) is 10.3 Å². The van der Waals surface area contributed by atoms with Gasteiger partial charge in [0, 0.05) is 36.8 Å². The van der Waals surface area contributed by atoms with Gasteiger partial charge >= 0.3 is 0 Å². The van der Waals surface area contributed by atoms with Crippen LogP contribution in [0.3, 0.4) is 0 Å². The van der Waals surface area contributed by atoms with E-state index >= 15 is 0 Å². The Balaban J connectivity index is 1.90. The molecule has 0 radical (unpaired) electrons. The lowest BCUT2D eigenvalue weighted by molar-refractivity contribution is 0.423. The average molecular weight is 267 g/mol. The predicted octanol–water partition coefficient (Wildman–Crippen LogP) is 3.12. The fourth-order valence-corrected chi connectivity index (χ4v) is 3.23. The van der Waals surface area contributed by atoms with Crippen molar-refractivity contribution in [3.63, 3.8) is 0 Å². The SMILES string of the molecule is CC(C)NCc1cnc(N2CCC(C(C)C)C2)s1. The van der Waals surface area contributed by atoms with Gasteiger partial charge in [0.1, 0.15) is 0 Å². The number of anilines is 1. The highest BCUT2D eigenvalue weighted by Gasteiger charge is 2.26. The molecular weight excluding hydrogens is 242 g/mol. The Labute approximate surface area is 115 Å². The summed E-state index contributed by atoms with van der Waals surface area (Å²) in [5, 5.41) is 4.65. The molecule has 1 aliphatic rings. The molecule has 2 heterocycles. The summed E-state index contributed by atoms with van der Waals surface area (Å²) in [4.78, 5) is 8.37. The van der Waals surface area contributed by atoms with Gasteiger partial charge in [-0.05, 0) is 18.3 Å². The lowest BCUT2D eigenvalue weighted by Gasteiger charge is -2.16. The highest BCUT2D eigenvalue weighted by atomic mass is 32.1. The molecule has 0 amide bonds. The Kier molecular flexibility index (Phi) is 4.62. The molecule has 4 heteroatoms. The van der Waals surface area contributed by atoms with Gasteiger partial charge in [-0.2, -0.15) is 0 Å². The van der Waals surface area contributed by atoms with Gasteiger partial charge in [-0.25, -0.2) is 4.98 Å². The van der Waals surface area contributed by atoms with Crippen LogP contribution in [0, 0.1) is 11.8 Å². The van der Waals surface area contributed by atoms with Crippen LogP contribution in [0.1, 0.15) is 39.0 Å². The first kappa shape index (κ1) is 13.8. The van der Waals surface area contributed by atoms with Crippen LogP contribution in [0.15, 0.2) is 6.20 Å². The Bertz CT molecular complexity index is 373. The molecule has 1 fully saturated rings. The zero-order valence-electron chi connectivity index (χ0n) is 11.9. The Morgan fingerprint density at radius 3 is 2.83 bits per heavy atom. The standard InChI is InChI=1S/C14H25N3S/c1-10(2)12-5-6-17(9-12)14-16-8-13(18-14)7-15-11(3)4/h8,10-12,15H,5-7,9H2,1-4H3. The quantitative estimate of drug-likeness (QED) is 0.888. The van der Waals surface area contributed by atoms with Gasteiger partial charge in [-0.3, -0.25) is 0 Å². The third kappa shape index (κ3) is 3.45. The topological polar surface area (TPSA) is 28.2 Å². The second kappa shape index (κ2) is 6.02.